The van der Waals surface area contributed by atoms with Crippen molar-refractivity contribution in [3.05, 3.63) is 47.0 Å². The van der Waals surface area contributed by atoms with E-state index in [0.29, 0.717) is 31.1 Å². The van der Waals surface area contributed by atoms with Crippen LogP contribution in [0.25, 0.3) is 0 Å². The van der Waals surface area contributed by atoms with Gasteiger partial charge in [0.25, 0.3) is 0 Å². The van der Waals surface area contributed by atoms with Crippen molar-refractivity contribution >= 4 is 29.4 Å². The maximum absolute atomic E-state index is 13.4. The van der Waals surface area contributed by atoms with E-state index in [1.165, 1.54) is 17.7 Å². The molecule has 1 amide bonds. The summed E-state index contributed by atoms with van der Waals surface area (Å²) in [6.07, 6.45) is 7.59. The number of carbonyl (C=O) groups excluding carboxylic acids is 4. The fourth-order valence-corrected chi connectivity index (χ4v) is 8.64. The molecule has 5 rings (SSSR count). The molecule has 0 spiro atoms. The van der Waals surface area contributed by atoms with E-state index >= 15 is 0 Å². The van der Waals surface area contributed by atoms with E-state index < -0.39 is 35.3 Å². The van der Waals surface area contributed by atoms with Crippen LogP contribution in [0.4, 0.5) is 0 Å². The highest BCUT2D eigenvalue weighted by molar-refractivity contribution is 5.92. The van der Waals surface area contributed by atoms with E-state index in [-0.39, 0.29) is 48.0 Å². The fraction of sp³-hybridized carbons (Fsp3) is 0.606. The zero-order valence-corrected chi connectivity index (χ0v) is 24.4. The molecule has 4 aliphatic carbocycles. The molecule has 0 aromatic heterocycles. The Morgan fingerprint density at radius 3 is 2.38 bits per heavy atom. The lowest BCUT2D eigenvalue weighted by molar-refractivity contribution is -0.170. The highest BCUT2D eigenvalue weighted by Crippen LogP contribution is 2.67. The second kappa shape index (κ2) is 11.4. The number of hydrogen-bond donors (Lipinski definition) is 3. The Labute approximate surface area is 246 Å². The van der Waals surface area contributed by atoms with E-state index in [4.69, 9.17) is 9.84 Å². The molecule has 3 N–H and O–H groups in total. The predicted molar refractivity (Wildman–Crippen MR) is 152 cm³/mol. The number of amides is 1. The molecule has 0 bridgehead atoms. The van der Waals surface area contributed by atoms with Gasteiger partial charge in [0.1, 0.15) is 5.60 Å². The number of aliphatic hydroxyl groups is 1. The van der Waals surface area contributed by atoms with Crippen LogP contribution < -0.4 is 5.32 Å². The number of fused-ring (bicyclic) bond motifs is 5. The van der Waals surface area contributed by atoms with Gasteiger partial charge in [-0.3, -0.25) is 19.2 Å². The van der Waals surface area contributed by atoms with Gasteiger partial charge in [-0.15, -0.1) is 0 Å². The third-order valence-electron chi connectivity index (χ3n) is 11.2. The molecule has 1 aromatic rings. The Morgan fingerprint density at radius 2 is 1.67 bits per heavy atom. The molecule has 3 fully saturated rings. The van der Waals surface area contributed by atoms with Gasteiger partial charge < -0.3 is 20.3 Å². The highest BCUT2D eigenvalue weighted by Gasteiger charge is 2.66. The Bertz CT molecular complexity index is 1320. The average molecular weight is 580 g/mol. The van der Waals surface area contributed by atoms with Crippen LogP contribution in [0.5, 0.6) is 0 Å². The Morgan fingerprint density at radius 1 is 0.952 bits per heavy atom. The van der Waals surface area contributed by atoms with Crippen molar-refractivity contribution in [1.29, 1.82) is 0 Å². The summed E-state index contributed by atoms with van der Waals surface area (Å²) in [4.78, 5) is 61.0. The topological polar surface area (TPSA) is 147 Å². The lowest BCUT2D eigenvalue weighted by atomic mass is 9.46. The Balaban J connectivity index is 1.11. The molecule has 1 aromatic carbocycles. The van der Waals surface area contributed by atoms with Gasteiger partial charge in [0.05, 0.1) is 12.0 Å². The minimum Gasteiger partial charge on any atom is -0.478 e. The number of ether oxygens (including phenoxy) is 1. The SMILES string of the molecule is CC12CCC(=O)C=C1CCC1C2CCC2(C)C1CCC2(O)C(=O)COC(=O)CCC(=O)NCc1ccc(C(=O)O)cc1. The van der Waals surface area contributed by atoms with Crippen LogP contribution in [0.3, 0.4) is 0 Å². The second-order valence-electron chi connectivity index (χ2n) is 13.2. The van der Waals surface area contributed by atoms with Crippen molar-refractivity contribution in [2.45, 2.75) is 90.2 Å². The first kappa shape index (κ1) is 30.1. The van der Waals surface area contributed by atoms with Crippen LogP contribution in [0.1, 0.15) is 94.0 Å². The quantitative estimate of drug-likeness (QED) is 0.370. The van der Waals surface area contributed by atoms with Crippen molar-refractivity contribution in [1.82, 2.24) is 5.32 Å². The first-order valence-electron chi connectivity index (χ1n) is 15.1. The van der Waals surface area contributed by atoms with Crippen molar-refractivity contribution in [2.75, 3.05) is 6.61 Å². The van der Waals surface area contributed by atoms with Crippen LogP contribution in [-0.2, 0) is 30.5 Å². The molecular weight excluding hydrogens is 538 g/mol. The van der Waals surface area contributed by atoms with Gasteiger partial charge in [-0.25, -0.2) is 4.79 Å². The number of carboxylic acid groups (broad SMARTS) is 1. The minimum absolute atomic E-state index is 0.00959. The standard InChI is InChI=1S/C33H41NO8/c1-31-14-11-23(35)17-22(31)7-8-24-25(31)12-15-32(2)26(24)13-16-33(32,41)27(36)19-42-29(38)10-9-28(37)34-18-20-3-5-21(6-4-20)30(39)40/h3-6,17,24-26,41H,7-16,18-19H2,1-2H3,(H,34,37)(H,39,40). The Kier molecular flexibility index (Phi) is 8.18. The molecule has 3 saturated carbocycles. The molecule has 9 nitrogen and oxygen atoms in total. The molecule has 4 aliphatic rings. The van der Waals surface area contributed by atoms with Crippen LogP contribution in [-0.4, -0.2) is 51.8 Å². The minimum atomic E-state index is -1.56. The highest BCUT2D eigenvalue weighted by atomic mass is 16.5. The largest absolute Gasteiger partial charge is 0.478 e. The maximum atomic E-state index is 13.4. The van der Waals surface area contributed by atoms with Crippen molar-refractivity contribution < 1.29 is 38.9 Å². The molecule has 6 unspecified atom stereocenters. The Hall–Kier alpha value is -3.33. The molecule has 0 radical (unpaired) electrons. The van der Waals surface area contributed by atoms with E-state index in [1.54, 1.807) is 12.1 Å². The van der Waals surface area contributed by atoms with Crippen molar-refractivity contribution in [2.24, 2.45) is 28.6 Å². The van der Waals surface area contributed by atoms with Gasteiger partial charge in [-0.1, -0.05) is 31.6 Å². The number of benzene rings is 1. The van der Waals surface area contributed by atoms with Crippen molar-refractivity contribution in [3.8, 4) is 0 Å². The van der Waals surface area contributed by atoms with Gasteiger partial charge in [0.2, 0.25) is 11.7 Å². The lowest BCUT2D eigenvalue weighted by Gasteiger charge is -2.58. The summed E-state index contributed by atoms with van der Waals surface area (Å²) in [5, 5.41) is 23.4. The third kappa shape index (κ3) is 5.32. The second-order valence-corrected chi connectivity index (χ2v) is 13.2. The van der Waals surface area contributed by atoms with Crippen LogP contribution in [0.2, 0.25) is 0 Å². The van der Waals surface area contributed by atoms with Gasteiger partial charge in [0, 0.05) is 24.8 Å². The van der Waals surface area contributed by atoms with Crippen molar-refractivity contribution in [3.63, 3.8) is 0 Å². The molecule has 0 aliphatic heterocycles. The summed E-state index contributed by atoms with van der Waals surface area (Å²) in [6, 6.07) is 6.12. The fourth-order valence-electron chi connectivity index (χ4n) is 8.64. The summed E-state index contributed by atoms with van der Waals surface area (Å²) in [6.45, 7) is 4.00. The first-order chi connectivity index (χ1) is 19.9. The number of ketones is 2. The van der Waals surface area contributed by atoms with E-state index in [0.717, 1.165) is 37.7 Å². The van der Waals surface area contributed by atoms with E-state index in [2.05, 4.69) is 12.2 Å². The van der Waals surface area contributed by atoms with Gasteiger partial charge >= 0.3 is 11.9 Å². The number of carbonyl (C=O) groups is 5. The normalized spacial score (nSPS) is 33.5. The third-order valence-corrected chi connectivity index (χ3v) is 11.2. The lowest BCUT2D eigenvalue weighted by Crippen LogP contribution is -2.58. The van der Waals surface area contributed by atoms with Crippen LogP contribution in [0.15, 0.2) is 35.9 Å². The summed E-state index contributed by atoms with van der Waals surface area (Å²) in [5.41, 5.74) is 0.0103. The number of esters is 1. The van der Waals surface area contributed by atoms with Crippen LogP contribution in [0, 0.1) is 28.6 Å². The number of Topliss-reactive ketones (excluding diaryl/α,β-unsaturated/α-hetero) is 1. The smallest absolute Gasteiger partial charge is 0.335 e. The molecule has 6 atom stereocenters. The summed E-state index contributed by atoms with van der Waals surface area (Å²) < 4.78 is 5.23. The number of aromatic carboxylic acids is 1. The van der Waals surface area contributed by atoms with E-state index in [9.17, 15) is 29.1 Å². The number of rotatable bonds is 9. The number of allylic oxidation sites excluding steroid dienone is 1. The molecule has 226 valence electrons. The van der Waals surface area contributed by atoms with Gasteiger partial charge in [0.15, 0.2) is 12.4 Å². The summed E-state index contributed by atoms with van der Waals surface area (Å²) in [7, 11) is 0. The molecule has 9 heteroatoms. The number of carboxylic acids is 1. The number of nitrogens with one attached hydrogen (secondary N) is 1. The first-order valence-corrected chi connectivity index (χ1v) is 15.1. The maximum Gasteiger partial charge on any atom is 0.335 e. The summed E-state index contributed by atoms with van der Waals surface area (Å²) in [5.74, 6) is -1.31. The molecular formula is C33H41NO8. The average Bonchev–Trinajstić information content (AvgIpc) is 3.25. The molecule has 0 saturated heterocycles. The predicted octanol–water partition coefficient (Wildman–Crippen LogP) is 4.16. The molecule has 42 heavy (non-hydrogen) atoms. The molecule has 0 heterocycles. The summed E-state index contributed by atoms with van der Waals surface area (Å²) >= 11 is 0. The van der Waals surface area contributed by atoms with E-state index in [1.807, 2.05) is 13.0 Å². The monoisotopic (exact) mass is 579 g/mol. The zero-order valence-electron chi connectivity index (χ0n) is 24.4. The van der Waals surface area contributed by atoms with Crippen LogP contribution >= 0.6 is 0 Å². The van der Waals surface area contributed by atoms with Gasteiger partial charge in [-0.05, 0) is 91.9 Å². The zero-order chi connectivity index (χ0) is 30.3. The van der Waals surface area contributed by atoms with Gasteiger partial charge in [-0.2, -0.15) is 0 Å². The number of hydrogen-bond acceptors (Lipinski definition) is 7.